The molecule has 23 heavy (non-hydrogen) atoms. The maximum atomic E-state index is 12.8. The zero-order chi connectivity index (χ0) is 17.3. The van der Waals surface area contributed by atoms with Crippen LogP contribution in [0.25, 0.3) is 0 Å². The summed E-state index contributed by atoms with van der Waals surface area (Å²) in [6.07, 6.45) is -2.26. The van der Waals surface area contributed by atoms with Gasteiger partial charge in [0.25, 0.3) is 5.91 Å². The first-order valence-electron chi connectivity index (χ1n) is 7.25. The molecule has 1 aromatic rings. The molecule has 2 unspecified atom stereocenters. The second kappa shape index (κ2) is 6.51. The maximum Gasteiger partial charge on any atom is 0.391 e. The molecule has 4 nitrogen and oxygen atoms in total. The third-order valence-corrected chi connectivity index (χ3v) is 5.15. The van der Waals surface area contributed by atoms with Crippen molar-refractivity contribution in [1.82, 2.24) is 5.32 Å². The van der Waals surface area contributed by atoms with Crippen LogP contribution in [0.4, 0.5) is 13.2 Å². The summed E-state index contributed by atoms with van der Waals surface area (Å²) in [4.78, 5) is 12.2. The summed E-state index contributed by atoms with van der Waals surface area (Å²) in [6, 6.07) is 4.82. The molecule has 0 aliphatic heterocycles. The average molecular weight is 349 g/mol. The molecule has 1 aromatic carbocycles. The standard InChI is InChI=1S/C15H18F3NO3S/c1-23(21,22)13-7-5-10(6-8-13)14(20)19-12-4-2-3-11(9-12)15(16,17)18/h5-8,11-12H,2-4,9H2,1H3,(H,19,20). The molecule has 0 heterocycles. The van der Waals surface area contributed by atoms with Crippen molar-refractivity contribution in [3.05, 3.63) is 29.8 Å². The quantitative estimate of drug-likeness (QED) is 0.913. The van der Waals surface area contributed by atoms with Gasteiger partial charge in [0.15, 0.2) is 9.84 Å². The van der Waals surface area contributed by atoms with E-state index in [1.807, 2.05) is 0 Å². The van der Waals surface area contributed by atoms with Gasteiger partial charge in [0.05, 0.1) is 10.8 Å². The van der Waals surface area contributed by atoms with Crippen LogP contribution in [-0.4, -0.2) is 32.8 Å². The zero-order valence-corrected chi connectivity index (χ0v) is 13.4. The van der Waals surface area contributed by atoms with Gasteiger partial charge in [0, 0.05) is 17.9 Å². The van der Waals surface area contributed by atoms with E-state index in [0.717, 1.165) is 6.26 Å². The van der Waals surface area contributed by atoms with E-state index in [-0.39, 0.29) is 23.3 Å². The van der Waals surface area contributed by atoms with E-state index in [2.05, 4.69) is 5.32 Å². The number of alkyl halides is 3. The number of benzene rings is 1. The van der Waals surface area contributed by atoms with Gasteiger partial charge in [-0.1, -0.05) is 6.42 Å². The van der Waals surface area contributed by atoms with E-state index in [1.165, 1.54) is 24.3 Å². The molecule has 1 aliphatic rings. The minimum Gasteiger partial charge on any atom is -0.349 e. The van der Waals surface area contributed by atoms with Gasteiger partial charge in [-0.3, -0.25) is 4.79 Å². The Kier molecular flexibility index (Phi) is 5.03. The second-order valence-electron chi connectivity index (χ2n) is 5.87. The summed E-state index contributed by atoms with van der Waals surface area (Å²) in [7, 11) is -3.35. The molecule has 0 radical (unpaired) electrons. The molecule has 2 atom stereocenters. The number of hydrogen-bond donors (Lipinski definition) is 1. The molecule has 0 aromatic heterocycles. The van der Waals surface area contributed by atoms with Crippen molar-refractivity contribution in [3.63, 3.8) is 0 Å². The molecule has 1 N–H and O–H groups in total. The number of carbonyl (C=O) groups is 1. The Morgan fingerprint density at radius 1 is 1.17 bits per heavy atom. The van der Waals surface area contributed by atoms with Crippen LogP contribution in [0.2, 0.25) is 0 Å². The zero-order valence-electron chi connectivity index (χ0n) is 12.6. The molecule has 2 rings (SSSR count). The van der Waals surface area contributed by atoms with E-state index in [0.29, 0.717) is 12.8 Å². The molecule has 0 saturated heterocycles. The van der Waals surface area contributed by atoms with Crippen LogP contribution in [-0.2, 0) is 9.84 Å². The van der Waals surface area contributed by atoms with Gasteiger partial charge in [-0.05, 0) is 43.5 Å². The Morgan fingerprint density at radius 3 is 2.30 bits per heavy atom. The average Bonchev–Trinajstić information content (AvgIpc) is 2.46. The Labute approximate surface area is 133 Å². The van der Waals surface area contributed by atoms with Crippen molar-refractivity contribution < 1.29 is 26.4 Å². The highest BCUT2D eigenvalue weighted by Crippen LogP contribution is 2.37. The molecule has 0 bridgehead atoms. The Bertz CT molecular complexity index is 668. The Hall–Kier alpha value is -1.57. The lowest BCUT2D eigenvalue weighted by atomic mass is 9.85. The smallest absolute Gasteiger partial charge is 0.349 e. The van der Waals surface area contributed by atoms with Gasteiger partial charge < -0.3 is 5.32 Å². The van der Waals surface area contributed by atoms with E-state index >= 15 is 0 Å². The maximum absolute atomic E-state index is 12.8. The van der Waals surface area contributed by atoms with Crippen LogP contribution in [0, 0.1) is 5.92 Å². The minimum absolute atomic E-state index is 0.0869. The summed E-state index contributed by atoms with van der Waals surface area (Å²) < 4.78 is 61.0. The van der Waals surface area contributed by atoms with Gasteiger partial charge in [-0.25, -0.2) is 8.42 Å². The first kappa shape index (κ1) is 17.8. The molecule has 128 valence electrons. The highest BCUT2D eigenvalue weighted by Gasteiger charge is 2.42. The van der Waals surface area contributed by atoms with Crippen LogP contribution in [0.3, 0.4) is 0 Å². The van der Waals surface area contributed by atoms with Gasteiger partial charge >= 0.3 is 6.18 Å². The third-order valence-electron chi connectivity index (χ3n) is 4.02. The van der Waals surface area contributed by atoms with Crippen molar-refractivity contribution in [2.75, 3.05) is 6.26 Å². The lowest BCUT2D eigenvalue weighted by molar-refractivity contribution is -0.183. The van der Waals surface area contributed by atoms with Crippen molar-refractivity contribution >= 4 is 15.7 Å². The SMILES string of the molecule is CS(=O)(=O)c1ccc(C(=O)NC2CCCC(C(F)(F)F)C2)cc1. The van der Waals surface area contributed by atoms with Crippen molar-refractivity contribution in [1.29, 1.82) is 0 Å². The number of hydrogen-bond acceptors (Lipinski definition) is 3. The van der Waals surface area contributed by atoms with E-state index in [1.54, 1.807) is 0 Å². The largest absolute Gasteiger partial charge is 0.391 e. The van der Waals surface area contributed by atoms with Gasteiger partial charge in [0.2, 0.25) is 0 Å². The van der Waals surface area contributed by atoms with Crippen LogP contribution in [0.15, 0.2) is 29.2 Å². The van der Waals surface area contributed by atoms with Gasteiger partial charge in [-0.15, -0.1) is 0 Å². The molecular weight excluding hydrogens is 331 g/mol. The molecular formula is C15H18F3NO3S. The Balaban J connectivity index is 2.01. The van der Waals surface area contributed by atoms with Crippen LogP contribution < -0.4 is 5.32 Å². The predicted octanol–water partition coefficient (Wildman–Crippen LogP) is 2.94. The number of rotatable bonds is 3. The van der Waals surface area contributed by atoms with Crippen molar-refractivity contribution in [2.24, 2.45) is 5.92 Å². The van der Waals surface area contributed by atoms with Crippen LogP contribution in [0.5, 0.6) is 0 Å². The molecule has 0 spiro atoms. The van der Waals surface area contributed by atoms with Gasteiger partial charge in [-0.2, -0.15) is 13.2 Å². The highest BCUT2D eigenvalue weighted by molar-refractivity contribution is 7.90. The van der Waals surface area contributed by atoms with Crippen LogP contribution >= 0.6 is 0 Å². The Morgan fingerprint density at radius 2 is 1.78 bits per heavy atom. The summed E-state index contributed by atoms with van der Waals surface area (Å²) in [6.45, 7) is 0. The fourth-order valence-electron chi connectivity index (χ4n) is 2.74. The summed E-state index contributed by atoms with van der Waals surface area (Å²) in [5.74, 6) is -1.87. The first-order chi connectivity index (χ1) is 10.6. The summed E-state index contributed by atoms with van der Waals surface area (Å²) >= 11 is 0. The summed E-state index contributed by atoms with van der Waals surface area (Å²) in [5.41, 5.74) is 0.228. The third kappa shape index (κ3) is 4.70. The van der Waals surface area contributed by atoms with Gasteiger partial charge in [0.1, 0.15) is 0 Å². The molecule has 8 heteroatoms. The molecule has 1 amide bonds. The number of amides is 1. The lowest BCUT2D eigenvalue weighted by Gasteiger charge is -2.31. The highest BCUT2D eigenvalue weighted by atomic mass is 32.2. The molecule has 1 aliphatic carbocycles. The van der Waals surface area contributed by atoms with Crippen molar-refractivity contribution in [3.8, 4) is 0 Å². The number of halogens is 3. The van der Waals surface area contributed by atoms with Crippen LogP contribution in [0.1, 0.15) is 36.0 Å². The number of sulfone groups is 1. The molecule has 1 fully saturated rings. The fraction of sp³-hybridized carbons (Fsp3) is 0.533. The number of carbonyl (C=O) groups excluding carboxylic acids is 1. The normalized spacial score (nSPS) is 22.6. The number of nitrogens with one attached hydrogen (secondary N) is 1. The lowest BCUT2D eigenvalue weighted by Crippen LogP contribution is -2.41. The monoisotopic (exact) mass is 349 g/mol. The topological polar surface area (TPSA) is 63.2 Å². The van der Waals surface area contributed by atoms with E-state index in [9.17, 15) is 26.4 Å². The van der Waals surface area contributed by atoms with Crippen molar-refractivity contribution in [2.45, 2.75) is 42.8 Å². The molecule has 1 saturated carbocycles. The fourth-order valence-corrected chi connectivity index (χ4v) is 3.37. The predicted molar refractivity (Wildman–Crippen MR) is 78.8 cm³/mol. The van der Waals surface area contributed by atoms with E-state index < -0.39 is 33.9 Å². The minimum atomic E-state index is -4.24. The second-order valence-corrected chi connectivity index (χ2v) is 7.89. The summed E-state index contributed by atoms with van der Waals surface area (Å²) in [5, 5.41) is 2.61. The first-order valence-corrected chi connectivity index (χ1v) is 9.14. The van der Waals surface area contributed by atoms with E-state index in [4.69, 9.17) is 0 Å².